The van der Waals surface area contributed by atoms with Crippen LogP contribution in [0.5, 0.6) is 0 Å². The zero-order chi connectivity index (χ0) is 7.98. The second kappa shape index (κ2) is 5.68. The first kappa shape index (κ1) is 9.92. The van der Waals surface area contributed by atoms with Gasteiger partial charge in [-0.3, -0.25) is 0 Å². The van der Waals surface area contributed by atoms with Crippen LogP contribution in [0.2, 0.25) is 13.1 Å². The van der Waals surface area contributed by atoms with Crippen molar-refractivity contribution in [1.29, 1.82) is 0 Å². The van der Waals surface area contributed by atoms with Crippen molar-refractivity contribution in [2.24, 2.45) is 0 Å². The monoisotopic (exact) mass is 158 g/mol. The zero-order valence-corrected chi connectivity index (χ0v) is 8.42. The molecule has 0 saturated carbocycles. The largest absolute Gasteiger partial charge is 0.414 e. The van der Waals surface area contributed by atoms with Crippen LogP contribution in [-0.4, -0.2) is 15.1 Å². The minimum atomic E-state index is -0.849. The van der Waals surface area contributed by atoms with Crippen LogP contribution >= 0.6 is 0 Å². The van der Waals surface area contributed by atoms with Crippen molar-refractivity contribution in [2.45, 2.75) is 39.0 Å². The van der Waals surface area contributed by atoms with E-state index in [1.165, 1.54) is 6.42 Å². The van der Waals surface area contributed by atoms with Crippen molar-refractivity contribution in [3.8, 4) is 0 Å². The summed E-state index contributed by atoms with van der Waals surface area (Å²) in [5.41, 5.74) is 0. The fraction of sp³-hybridized carbons (Fsp3) is 0.750. The van der Waals surface area contributed by atoms with Crippen molar-refractivity contribution in [3.05, 3.63) is 12.7 Å². The molecule has 0 aliphatic rings. The molecule has 0 bridgehead atoms. The Morgan fingerprint density at radius 3 is 2.50 bits per heavy atom. The molecule has 0 aromatic carbocycles. The maximum atomic E-state index is 5.66. The third kappa shape index (κ3) is 4.76. The molecular formula is C8H18OSi. The van der Waals surface area contributed by atoms with E-state index < -0.39 is 9.04 Å². The maximum Gasteiger partial charge on any atom is 0.171 e. The van der Waals surface area contributed by atoms with E-state index in [2.05, 4.69) is 26.6 Å². The molecule has 0 N–H and O–H groups in total. The topological polar surface area (TPSA) is 9.23 Å². The van der Waals surface area contributed by atoms with Crippen LogP contribution in [0.25, 0.3) is 0 Å². The lowest BCUT2D eigenvalue weighted by molar-refractivity contribution is 0.242. The second-order valence-corrected chi connectivity index (χ2v) is 5.12. The number of hydrogen-bond acceptors (Lipinski definition) is 1. The lowest BCUT2D eigenvalue weighted by Gasteiger charge is -2.15. The molecule has 2 heteroatoms. The van der Waals surface area contributed by atoms with Crippen LogP contribution in [-0.2, 0) is 4.43 Å². The first-order valence-electron chi connectivity index (χ1n) is 3.98. The molecule has 0 amide bonds. The molecule has 0 aliphatic carbocycles. The predicted molar refractivity (Wildman–Crippen MR) is 48.9 cm³/mol. The van der Waals surface area contributed by atoms with Crippen LogP contribution in [0.4, 0.5) is 0 Å². The standard InChI is InChI=1S/C8H18OSi/c1-5-7-8(6-2)9-10(3)4/h6,8,10H,2,5,7H2,1,3-4H3. The van der Waals surface area contributed by atoms with Gasteiger partial charge in [0.2, 0.25) is 0 Å². The molecule has 10 heavy (non-hydrogen) atoms. The van der Waals surface area contributed by atoms with E-state index in [9.17, 15) is 0 Å². The van der Waals surface area contributed by atoms with Gasteiger partial charge in [-0.2, -0.15) is 0 Å². The lowest BCUT2D eigenvalue weighted by Crippen LogP contribution is -2.17. The minimum absolute atomic E-state index is 0.316. The number of hydrogen-bond donors (Lipinski definition) is 0. The molecule has 0 aliphatic heterocycles. The van der Waals surface area contributed by atoms with Gasteiger partial charge in [-0.15, -0.1) is 6.58 Å². The Morgan fingerprint density at radius 2 is 2.20 bits per heavy atom. The molecular weight excluding hydrogens is 140 g/mol. The molecule has 0 saturated heterocycles. The zero-order valence-electron chi connectivity index (χ0n) is 7.26. The average Bonchev–Trinajstić information content (AvgIpc) is 1.86. The first-order valence-corrected chi connectivity index (χ1v) is 6.76. The van der Waals surface area contributed by atoms with Gasteiger partial charge in [0.25, 0.3) is 0 Å². The van der Waals surface area contributed by atoms with E-state index in [1.807, 2.05) is 6.08 Å². The highest BCUT2D eigenvalue weighted by Crippen LogP contribution is 2.04. The Labute approximate surface area is 65.8 Å². The summed E-state index contributed by atoms with van der Waals surface area (Å²) in [6, 6.07) is 0. The molecule has 0 fully saturated rings. The van der Waals surface area contributed by atoms with Crippen molar-refractivity contribution in [3.63, 3.8) is 0 Å². The molecule has 1 nitrogen and oxygen atoms in total. The summed E-state index contributed by atoms with van der Waals surface area (Å²) in [4.78, 5) is 0. The summed E-state index contributed by atoms with van der Waals surface area (Å²) in [5, 5.41) is 0. The van der Waals surface area contributed by atoms with Gasteiger partial charge in [0.05, 0.1) is 6.10 Å². The normalized spacial score (nSPS) is 13.6. The highest BCUT2D eigenvalue weighted by atomic mass is 28.3. The molecule has 0 aromatic rings. The molecule has 0 rings (SSSR count). The summed E-state index contributed by atoms with van der Waals surface area (Å²) in [7, 11) is -0.849. The molecule has 1 unspecified atom stereocenters. The van der Waals surface area contributed by atoms with Crippen LogP contribution in [0.3, 0.4) is 0 Å². The molecule has 60 valence electrons. The second-order valence-electron chi connectivity index (χ2n) is 2.75. The lowest BCUT2D eigenvalue weighted by atomic mass is 10.2. The van der Waals surface area contributed by atoms with Crippen LogP contribution in [0.1, 0.15) is 19.8 Å². The fourth-order valence-electron chi connectivity index (χ4n) is 0.876. The Kier molecular flexibility index (Phi) is 5.64. The fourth-order valence-corrected chi connectivity index (χ4v) is 1.82. The summed E-state index contributed by atoms with van der Waals surface area (Å²) in [6.07, 6.45) is 4.53. The smallest absolute Gasteiger partial charge is 0.171 e. The van der Waals surface area contributed by atoms with Gasteiger partial charge in [0.15, 0.2) is 9.04 Å². The molecule has 0 aromatic heterocycles. The molecule has 1 atom stereocenters. The van der Waals surface area contributed by atoms with Gasteiger partial charge >= 0.3 is 0 Å². The van der Waals surface area contributed by atoms with Gasteiger partial charge in [-0.1, -0.05) is 19.4 Å². The van der Waals surface area contributed by atoms with Crippen LogP contribution < -0.4 is 0 Å². The summed E-state index contributed by atoms with van der Waals surface area (Å²) in [6.45, 7) is 10.3. The van der Waals surface area contributed by atoms with Crippen molar-refractivity contribution in [2.75, 3.05) is 0 Å². The van der Waals surface area contributed by atoms with E-state index in [-0.39, 0.29) is 0 Å². The Hall–Kier alpha value is -0.0831. The van der Waals surface area contributed by atoms with E-state index in [0.717, 1.165) is 6.42 Å². The van der Waals surface area contributed by atoms with Crippen LogP contribution in [0.15, 0.2) is 12.7 Å². The van der Waals surface area contributed by atoms with Gasteiger partial charge in [0, 0.05) is 0 Å². The summed E-state index contributed by atoms with van der Waals surface area (Å²) < 4.78 is 5.66. The quantitative estimate of drug-likeness (QED) is 0.441. The first-order chi connectivity index (χ1) is 4.70. The number of rotatable bonds is 5. The van der Waals surface area contributed by atoms with Crippen molar-refractivity contribution in [1.82, 2.24) is 0 Å². The Balaban J connectivity index is 3.49. The maximum absolute atomic E-state index is 5.66. The van der Waals surface area contributed by atoms with Gasteiger partial charge in [0.1, 0.15) is 0 Å². The van der Waals surface area contributed by atoms with Crippen molar-refractivity contribution >= 4 is 9.04 Å². The van der Waals surface area contributed by atoms with Crippen LogP contribution in [0, 0.1) is 0 Å². The van der Waals surface area contributed by atoms with Gasteiger partial charge in [-0.05, 0) is 19.5 Å². The Morgan fingerprint density at radius 1 is 1.60 bits per heavy atom. The highest BCUT2D eigenvalue weighted by molar-refractivity contribution is 6.48. The summed E-state index contributed by atoms with van der Waals surface area (Å²) in [5.74, 6) is 0. The molecule has 0 radical (unpaired) electrons. The predicted octanol–water partition coefficient (Wildman–Crippen LogP) is 2.34. The minimum Gasteiger partial charge on any atom is -0.414 e. The third-order valence-electron chi connectivity index (χ3n) is 1.28. The highest BCUT2D eigenvalue weighted by Gasteiger charge is 2.04. The summed E-state index contributed by atoms with van der Waals surface area (Å²) >= 11 is 0. The van der Waals surface area contributed by atoms with Crippen molar-refractivity contribution < 1.29 is 4.43 Å². The van der Waals surface area contributed by atoms with Gasteiger partial charge < -0.3 is 4.43 Å². The average molecular weight is 158 g/mol. The Bertz CT molecular complexity index is 91.3. The van der Waals surface area contributed by atoms with E-state index in [4.69, 9.17) is 4.43 Å². The SMILES string of the molecule is C=CC(CCC)O[SiH](C)C. The molecule has 0 spiro atoms. The third-order valence-corrected chi connectivity index (χ3v) is 2.18. The van der Waals surface area contributed by atoms with Gasteiger partial charge in [-0.25, -0.2) is 0 Å². The molecule has 0 heterocycles. The van der Waals surface area contributed by atoms with E-state index >= 15 is 0 Å². The van der Waals surface area contributed by atoms with E-state index in [1.54, 1.807) is 0 Å². The van der Waals surface area contributed by atoms with E-state index in [0.29, 0.717) is 6.10 Å².